The Bertz CT molecular complexity index is 516. The number of halogens is 1. The molecule has 2 heterocycles. The lowest BCUT2D eigenvalue weighted by Crippen LogP contribution is -2.11. The maximum absolute atomic E-state index is 10.2. The van der Waals surface area contributed by atoms with Gasteiger partial charge >= 0.3 is 0 Å². The molecule has 17 heavy (non-hydrogen) atoms. The van der Waals surface area contributed by atoms with Crippen LogP contribution in [0, 0.1) is 0 Å². The minimum Gasteiger partial charge on any atom is -0.379 e. The van der Waals surface area contributed by atoms with Gasteiger partial charge in [-0.15, -0.1) is 22.7 Å². The fraction of sp³-hybridized carbons (Fsp3) is 0.455. The number of aliphatic hydroxyl groups is 1. The van der Waals surface area contributed by atoms with E-state index in [0.717, 1.165) is 9.61 Å². The first-order valence-corrected chi connectivity index (χ1v) is 7.68. The molecular formula is C11H13BrN2OS2. The Kier molecular flexibility index (Phi) is 3.68. The minimum atomic E-state index is -0.723. The molecule has 0 spiro atoms. The lowest BCUT2D eigenvalue weighted by molar-refractivity contribution is 0.215. The molecule has 0 radical (unpaired) electrons. The highest BCUT2D eigenvalue weighted by Gasteiger charge is 2.22. The average Bonchev–Trinajstić information content (AvgIpc) is 2.83. The van der Waals surface area contributed by atoms with Gasteiger partial charge in [-0.05, 0) is 15.9 Å². The van der Waals surface area contributed by atoms with Gasteiger partial charge in [-0.1, -0.05) is 20.8 Å². The van der Waals surface area contributed by atoms with Crippen LogP contribution in [-0.2, 0) is 5.41 Å². The van der Waals surface area contributed by atoms with E-state index in [1.165, 1.54) is 11.3 Å². The highest BCUT2D eigenvalue weighted by molar-refractivity contribution is 9.10. The Morgan fingerprint density at radius 1 is 1.24 bits per heavy atom. The van der Waals surface area contributed by atoms with Gasteiger partial charge in [-0.3, -0.25) is 0 Å². The topological polar surface area (TPSA) is 46.0 Å². The van der Waals surface area contributed by atoms with Crippen LogP contribution in [0.25, 0.3) is 0 Å². The lowest BCUT2D eigenvalue weighted by Gasteiger charge is -2.13. The van der Waals surface area contributed by atoms with Crippen molar-refractivity contribution in [2.45, 2.75) is 32.3 Å². The van der Waals surface area contributed by atoms with Gasteiger partial charge in [0.25, 0.3) is 0 Å². The number of rotatable bonds is 2. The fourth-order valence-electron chi connectivity index (χ4n) is 1.28. The fourth-order valence-corrected chi connectivity index (χ4v) is 3.46. The summed E-state index contributed by atoms with van der Waals surface area (Å²) < 4.78 is 0.753. The van der Waals surface area contributed by atoms with E-state index in [-0.39, 0.29) is 5.41 Å². The molecule has 2 rings (SSSR count). The van der Waals surface area contributed by atoms with Gasteiger partial charge in [-0.2, -0.15) is 0 Å². The van der Waals surface area contributed by atoms with Crippen molar-refractivity contribution in [3.63, 3.8) is 0 Å². The molecule has 0 saturated heterocycles. The quantitative estimate of drug-likeness (QED) is 0.911. The highest BCUT2D eigenvalue weighted by atomic mass is 79.9. The summed E-state index contributed by atoms with van der Waals surface area (Å²) in [4.78, 5) is 8.70. The molecule has 0 aliphatic carbocycles. The van der Waals surface area contributed by atoms with Crippen LogP contribution in [0.1, 0.15) is 42.6 Å². The van der Waals surface area contributed by atoms with Crippen LogP contribution in [0.4, 0.5) is 0 Å². The van der Waals surface area contributed by atoms with Crippen molar-refractivity contribution in [1.29, 1.82) is 0 Å². The van der Waals surface area contributed by atoms with Crippen LogP contribution in [0.5, 0.6) is 0 Å². The van der Waals surface area contributed by atoms with Crippen molar-refractivity contribution < 1.29 is 5.11 Å². The van der Waals surface area contributed by atoms with Crippen molar-refractivity contribution in [3.05, 3.63) is 31.1 Å². The molecule has 1 atom stereocenters. The Morgan fingerprint density at radius 2 is 1.94 bits per heavy atom. The molecule has 3 nitrogen and oxygen atoms in total. The standard InChI is InChI=1S/C11H13BrN2OS2/c1-11(2,3)10-13-6(4-17-10)8(15)9-14-7(12)5-16-9/h4-5,8,15H,1-3H3. The predicted octanol–water partition coefficient (Wildman–Crippen LogP) is 3.74. The van der Waals surface area contributed by atoms with Crippen LogP contribution >= 0.6 is 38.6 Å². The monoisotopic (exact) mass is 332 g/mol. The number of aliphatic hydroxyl groups excluding tert-OH is 1. The molecule has 0 amide bonds. The molecule has 0 aliphatic rings. The van der Waals surface area contributed by atoms with Gasteiger partial charge in [0, 0.05) is 16.2 Å². The number of aromatic nitrogens is 2. The highest BCUT2D eigenvalue weighted by Crippen LogP contribution is 2.31. The summed E-state index contributed by atoms with van der Waals surface area (Å²) >= 11 is 6.29. The molecule has 0 aliphatic heterocycles. The normalized spacial score (nSPS) is 13.9. The number of nitrogens with zero attached hydrogens (tertiary/aromatic N) is 2. The van der Waals surface area contributed by atoms with Gasteiger partial charge in [0.05, 0.1) is 10.7 Å². The van der Waals surface area contributed by atoms with Gasteiger partial charge in [-0.25, -0.2) is 9.97 Å². The summed E-state index contributed by atoms with van der Waals surface area (Å²) in [7, 11) is 0. The Hall–Kier alpha value is -0.300. The van der Waals surface area contributed by atoms with Gasteiger partial charge in [0.15, 0.2) is 0 Å². The van der Waals surface area contributed by atoms with Crippen molar-refractivity contribution >= 4 is 38.6 Å². The van der Waals surface area contributed by atoms with E-state index in [1.807, 2.05) is 10.8 Å². The predicted molar refractivity (Wildman–Crippen MR) is 74.7 cm³/mol. The summed E-state index contributed by atoms with van der Waals surface area (Å²) in [6, 6.07) is 0. The molecule has 1 unspecified atom stereocenters. The first-order valence-electron chi connectivity index (χ1n) is 5.13. The van der Waals surface area contributed by atoms with Gasteiger partial charge < -0.3 is 5.11 Å². The zero-order chi connectivity index (χ0) is 12.6. The zero-order valence-electron chi connectivity index (χ0n) is 9.77. The molecule has 6 heteroatoms. The van der Waals surface area contributed by atoms with Gasteiger partial charge in [0.1, 0.15) is 15.7 Å². The van der Waals surface area contributed by atoms with Gasteiger partial charge in [0.2, 0.25) is 0 Å². The summed E-state index contributed by atoms with van der Waals surface area (Å²) in [5, 5.41) is 15.6. The number of thiazole rings is 2. The third kappa shape index (κ3) is 2.93. The maximum Gasteiger partial charge on any atom is 0.148 e. The van der Waals surface area contributed by atoms with Crippen molar-refractivity contribution in [2.24, 2.45) is 0 Å². The molecule has 0 aromatic carbocycles. The van der Waals surface area contributed by atoms with Crippen molar-refractivity contribution in [2.75, 3.05) is 0 Å². The molecule has 92 valence electrons. The lowest BCUT2D eigenvalue weighted by atomic mass is 9.98. The second kappa shape index (κ2) is 4.76. The van der Waals surface area contributed by atoms with E-state index in [9.17, 15) is 5.11 Å². The zero-order valence-corrected chi connectivity index (χ0v) is 13.0. The summed E-state index contributed by atoms with van der Waals surface area (Å²) in [6.07, 6.45) is -0.723. The third-order valence-corrected chi connectivity index (χ3v) is 5.06. The van der Waals surface area contributed by atoms with E-state index in [0.29, 0.717) is 10.7 Å². The van der Waals surface area contributed by atoms with E-state index in [4.69, 9.17) is 0 Å². The number of hydrogen-bond donors (Lipinski definition) is 1. The van der Waals surface area contributed by atoms with Crippen LogP contribution in [-0.4, -0.2) is 15.1 Å². The largest absolute Gasteiger partial charge is 0.379 e. The SMILES string of the molecule is CC(C)(C)c1nc(C(O)c2nc(Br)cs2)cs1. The number of hydrogen-bond acceptors (Lipinski definition) is 5. The molecule has 0 bridgehead atoms. The second-order valence-corrected chi connectivity index (χ2v) is 7.30. The smallest absolute Gasteiger partial charge is 0.148 e. The molecule has 0 fully saturated rings. The molecule has 2 aromatic heterocycles. The Morgan fingerprint density at radius 3 is 2.41 bits per heavy atom. The average molecular weight is 333 g/mol. The minimum absolute atomic E-state index is 0.0199. The molecule has 2 aromatic rings. The van der Waals surface area contributed by atoms with Crippen molar-refractivity contribution in [1.82, 2.24) is 9.97 Å². The first-order chi connectivity index (χ1) is 7.88. The van der Waals surface area contributed by atoms with Crippen LogP contribution in [0.15, 0.2) is 15.4 Å². The summed E-state index contributed by atoms with van der Waals surface area (Å²) in [5.74, 6) is 0. The van der Waals surface area contributed by atoms with E-state index in [2.05, 4.69) is 46.7 Å². The Labute approximate surface area is 117 Å². The van der Waals surface area contributed by atoms with Crippen LogP contribution in [0.3, 0.4) is 0 Å². The molecule has 1 N–H and O–H groups in total. The maximum atomic E-state index is 10.2. The Balaban J connectivity index is 2.26. The summed E-state index contributed by atoms with van der Waals surface area (Å²) in [5.41, 5.74) is 0.702. The van der Waals surface area contributed by atoms with Crippen LogP contribution in [0.2, 0.25) is 0 Å². The van der Waals surface area contributed by atoms with E-state index in [1.54, 1.807) is 11.3 Å². The van der Waals surface area contributed by atoms with Crippen LogP contribution < -0.4 is 0 Å². The third-order valence-electron chi connectivity index (χ3n) is 2.17. The van der Waals surface area contributed by atoms with E-state index >= 15 is 0 Å². The van der Waals surface area contributed by atoms with Crippen molar-refractivity contribution in [3.8, 4) is 0 Å². The van der Waals surface area contributed by atoms with E-state index < -0.39 is 6.10 Å². The second-order valence-electron chi connectivity index (χ2n) is 4.74. The summed E-state index contributed by atoms with van der Waals surface area (Å²) in [6.45, 7) is 6.34. The first kappa shape index (κ1) is 13.1. The molecule has 0 saturated carbocycles. The molecular weight excluding hydrogens is 320 g/mol.